The average Bonchev–Trinajstić information content (AvgIpc) is 3.32. The molecule has 3 aromatic heterocycles. The Hall–Kier alpha value is -4.39. The fraction of sp³-hybridized carbons (Fsp3) is 0.115. The second kappa shape index (κ2) is 7.94. The minimum Gasteiger partial charge on any atom is -0.328 e. The Bertz CT molecular complexity index is 1460. The van der Waals surface area contributed by atoms with Crippen LogP contribution >= 0.6 is 0 Å². The van der Waals surface area contributed by atoms with E-state index in [-0.39, 0.29) is 5.91 Å². The average molecular weight is 432 g/mol. The summed E-state index contributed by atoms with van der Waals surface area (Å²) < 4.78 is 2.05. The van der Waals surface area contributed by atoms with Gasteiger partial charge in [0.25, 0.3) is 5.91 Å². The van der Waals surface area contributed by atoms with Crippen LogP contribution in [0.1, 0.15) is 16.3 Å². The van der Waals surface area contributed by atoms with Crippen LogP contribution in [0, 0.1) is 0 Å². The Labute approximate surface area is 190 Å². The number of pyridine rings is 2. The smallest absolute Gasteiger partial charge is 0.272 e. The summed E-state index contributed by atoms with van der Waals surface area (Å²) in [6.07, 6.45) is 1.75. The Morgan fingerprint density at radius 2 is 1.64 bits per heavy atom. The number of nitrogens with zero attached hydrogens (tertiary/aromatic N) is 6. The molecule has 0 fully saturated rings. The molecule has 0 spiro atoms. The maximum Gasteiger partial charge on any atom is 0.272 e. The van der Waals surface area contributed by atoms with E-state index in [1.54, 1.807) is 17.2 Å². The Morgan fingerprint density at radius 3 is 2.48 bits per heavy atom. The molecule has 1 aliphatic heterocycles. The van der Waals surface area contributed by atoms with Crippen LogP contribution in [0.15, 0.2) is 85.1 Å². The number of benzene rings is 2. The molecule has 0 radical (unpaired) electrons. The Morgan fingerprint density at radius 1 is 0.788 bits per heavy atom. The molecule has 0 bridgehead atoms. The zero-order valence-corrected chi connectivity index (χ0v) is 17.8. The van der Waals surface area contributed by atoms with Crippen molar-refractivity contribution < 1.29 is 4.79 Å². The van der Waals surface area contributed by atoms with Crippen LogP contribution in [-0.4, -0.2) is 42.1 Å². The van der Waals surface area contributed by atoms with Gasteiger partial charge in [0, 0.05) is 30.2 Å². The molecule has 0 unspecified atom stereocenters. The van der Waals surface area contributed by atoms with E-state index in [1.165, 1.54) is 0 Å². The predicted molar refractivity (Wildman–Crippen MR) is 125 cm³/mol. The number of para-hydroxylation sites is 1. The number of amides is 1. The molecule has 0 saturated heterocycles. The van der Waals surface area contributed by atoms with Crippen LogP contribution in [0.4, 0.5) is 0 Å². The molecule has 0 saturated carbocycles. The highest BCUT2D eigenvalue weighted by Gasteiger charge is 2.26. The van der Waals surface area contributed by atoms with Gasteiger partial charge < -0.3 is 9.47 Å². The van der Waals surface area contributed by atoms with E-state index < -0.39 is 0 Å². The second-order valence-corrected chi connectivity index (χ2v) is 8.01. The van der Waals surface area contributed by atoms with Gasteiger partial charge in [0.05, 0.1) is 12.1 Å². The van der Waals surface area contributed by atoms with E-state index in [2.05, 4.69) is 15.2 Å². The standard InChI is InChI=1S/C26H20N6O/c33-26(23-13-11-20(16-27-23)18-6-2-1-3-7-18)31-14-15-32-24(17-31)29-30-25(32)22-12-10-19-8-4-5-9-21(19)28-22/h1-13,16H,14-15,17H2. The molecule has 160 valence electrons. The summed E-state index contributed by atoms with van der Waals surface area (Å²) in [6, 6.07) is 25.7. The monoisotopic (exact) mass is 432 g/mol. The van der Waals surface area contributed by atoms with Crippen molar-refractivity contribution in [1.29, 1.82) is 0 Å². The molecule has 0 aliphatic carbocycles. The Balaban J connectivity index is 1.22. The highest BCUT2D eigenvalue weighted by Crippen LogP contribution is 2.24. The molecule has 0 N–H and O–H groups in total. The van der Waals surface area contributed by atoms with Crippen LogP contribution in [0.3, 0.4) is 0 Å². The van der Waals surface area contributed by atoms with Gasteiger partial charge in [0.2, 0.25) is 0 Å². The summed E-state index contributed by atoms with van der Waals surface area (Å²) in [5, 5.41) is 9.82. The molecule has 1 aliphatic rings. The molecule has 1 amide bonds. The van der Waals surface area contributed by atoms with E-state index in [9.17, 15) is 4.79 Å². The largest absolute Gasteiger partial charge is 0.328 e. The normalized spacial score (nSPS) is 13.2. The lowest BCUT2D eigenvalue weighted by Gasteiger charge is -2.27. The molecule has 5 aromatic rings. The zero-order chi connectivity index (χ0) is 22.2. The van der Waals surface area contributed by atoms with Crippen molar-refractivity contribution in [3.8, 4) is 22.6 Å². The van der Waals surface area contributed by atoms with Gasteiger partial charge in [-0.3, -0.25) is 9.78 Å². The quantitative estimate of drug-likeness (QED) is 0.427. The summed E-state index contributed by atoms with van der Waals surface area (Å²) in [7, 11) is 0. The minimum absolute atomic E-state index is 0.103. The summed E-state index contributed by atoms with van der Waals surface area (Å²) in [6.45, 7) is 1.56. The maximum absolute atomic E-state index is 13.1. The van der Waals surface area contributed by atoms with Gasteiger partial charge in [-0.1, -0.05) is 60.7 Å². The predicted octanol–water partition coefficient (Wildman–Crippen LogP) is 4.21. The van der Waals surface area contributed by atoms with Crippen LogP contribution < -0.4 is 0 Å². The minimum atomic E-state index is -0.103. The number of aromatic nitrogens is 5. The molecule has 2 aromatic carbocycles. The molecule has 6 rings (SSSR count). The highest BCUT2D eigenvalue weighted by atomic mass is 16.2. The van der Waals surface area contributed by atoms with Crippen molar-refractivity contribution in [2.24, 2.45) is 0 Å². The van der Waals surface area contributed by atoms with E-state index >= 15 is 0 Å². The fourth-order valence-electron chi connectivity index (χ4n) is 4.19. The number of carbonyl (C=O) groups is 1. The van der Waals surface area contributed by atoms with Crippen LogP contribution in [0.2, 0.25) is 0 Å². The Kier molecular flexibility index (Phi) is 4.65. The summed E-state index contributed by atoms with van der Waals surface area (Å²) >= 11 is 0. The molecular weight excluding hydrogens is 412 g/mol. The molecule has 7 nitrogen and oxygen atoms in total. The van der Waals surface area contributed by atoms with E-state index in [0.29, 0.717) is 25.3 Å². The van der Waals surface area contributed by atoms with Gasteiger partial charge in [-0.05, 0) is 23.8 Å². The van der Waals surface area contributed by atoms with E-state index in [1.807, 2.05) is 77.4 Å². The van der Waals surface area contributed by atoms with Gasteiger partial charge in [0.1, 0.15) is 11.4 Å². The van der Waals surface area contributed by atoms with Crippen molar-refractivity contribution in [1.82, 2.24) is 29.6 Å². The molecule has 33 heavy (non-hydrogen) atoms. The van der Waals surface area contributed by atoms with Crippen LogP contribution in [0.25, 0.3) is 33.5 Å². The van der Waals surface area contributed by atoms with Gasteiger partial charge in [-0.2, -0.15) is 0 Å². The SMILES string of the molecule is O=C(c1ccc(-c2ccccc2)cn1)N1CCn2c(nnc2-c2ccc3ccccc3n2)C1. The first-order valence-corrected chi connectivity index (χ1v) is 10.9. The zero-order valence-electron chi connectivity index (χ0n) is 17.8. The van der Waals surface area contributed by atoms with Crippen LogP contribution in [-0.2, 0) is 13.1 Å². The topological polar surface area (TPSA) is 76.8 Å². The first-order chi connectivity index (χ1) is 16.3. The third kappa shape index (κ3) is 3.53. The number of hydrogen-bond acceptors (Lipinski definition) is 5. The van der Waals surface area contributed by atoms with Gasteiger partial charge in [-0.15, -0.1) is 10.2 Å². The van der Waals surface area contributed by atoms with Crippen molar-refractivity contribution in [3.63, 3.8) is 0 Å². The lowest BCUT2D eigenvalue weighted by Crippen LogP contribution is -2.39. The third-order valence-corrected chi connectivity index (χ3v) is 5.96. The number of carbonyl (C=O) groups excluding carboxylic acids is 1. The lowest BCUT2D eigenvalue weighted by atomic mass is 10.1. The van der Waals surface area contributed by atoms with Crippen LogP contribution in [0.5, 0.6) is 0 Å². The van der Waals surface area contributed by atoms with E-state index in [0.717, 1.165) is 39.4 Å². The summed E-state index contributed by atoms with van der Waals surface area (Å²) in [4.78, 5) is 24.0. The molecule has 4 heterocycles. The number of rotatable bonds is 3. The van der Waals surface area contributed by atoms with Crippen molar-refractivity contribution in [3.05, 3.63) is 96.6 Å². The third-order valence-electron chi connectivity index (χ3n) is 5.96. The first-order valence-electron chi connectivity index (χ1n) is 10.9. The molecule has 0 atom stereocenters. The highest BCUT2D eigenvalue weighted by molar-refractivity contribution is 5.92. The van der Waals surface area contributed by atoms with E-state index in [4.69, 9.17) is 4.98 Å². The number of fused-ring (bicyclic) bond motifs is 2. The molecular formula is C26H20N6O. The van der Waals surface area contributed by atoms with Gasteiger partial charge in [0.15, 0.2) is 11.6 Å². The number of hydrogen-bond donors (Lipinski definition) is 0. The second-order valence-electron chi connectivity index (χ2n) is 8.01. The summed E-state index contributed by atoms with van der Waals surface area (Å²) in [5.41, 5.74) is 4.19. The van der Waals surface area contributed by atoms with Crippen molar-refractivity contribution in [2.45, 2.75) is 13.1 Å². The summed E-state index contributed by atoms with van der Waals surface area (Å²) in [5.74, 6) is 1.38. The molecule has 7 heteroatoms. The van der Waals surface area contributed by atoms with Gasteiger partial charge in [-0.25, -0.2) is 4.98 Å². The first kappa shape index (κ1) is 19.3. The van der Waals surface area contributed by atoms with Crippen molar-refractivity contribution >= 4 is 16.8 Å². The van der Waals surface area contributed by atoms with Crippen molar-refractivity contribution in [2.75, 3.05) is 6.54 Å². The van der Waals surface area contributed by atoms with Gasteiger partial charge >= 0.3 is 0 Å². The lowest BCUT2D eigenvalue weighted by molar-refractivity contribution is 0.0702. The maximum atomic E-state index is 13.1. The fourth-order valence-corrected chi connectivity index (χ4v) is 4.19.